The van der Waals surface area contributed by atoms with E-state index in [1.165, 1.54) is 0 Å². The highest BCUT2D eigenvalue weighted by Crippen LogP contribution is 2.30. The van der Waals surface area contributed by atoms with Crippen molar-refractivity contribution in [3.63, 3.8) is 0 Å². The van der Waals surface area contributed by atoms with E-state index >= 15 is 0 Å². The predicted octanol–water partition coefficient (Wildman–Crippen LogP) is 1.24. The standard InChI is InChI=1S/C11H15N3O3/c1-3-17-11(16)8-6(2)13-14-9(8)12-10(15)7-4-5-7/h7H,3-5H2,1-2H3,(H2,12,13,14,15). The molecule has 1 fully saturated rings. The lowest BCUT2D eigenvalue weighted by Crippen LogP contribution is -2.17. The normalized spacial score (nSPS) is 14.5. The fourth-order valence-corrected chi connectivity index (χ4v) is 1.54. The SMILES string of the molecule is CCOC(=O)c1c(NC(=O)C2CC2)n[nH]c1C. The number of nitrogens with one attached hydrogen (secondary N) is 2. The molecule has 1 aromatic rings. The van der Waals surface area contributed by atoms with Gasteiger partial charge in [-0.05, 0) is 26.7 Å². The van der Waals surface area contributed by atoms with Gasteiger partial charge >= 0.3 is 5.97 Å². The Hall–Kier alpha value is -1.85. The highest BCUT2D eigenvalue weighted by Gasteiger charge is 2.31. The van der Waals surface area contributed by atoms with Crippen LogP contribution in [0.1, 0.15) is 35.8 Å². The van der Waals surface area contributed by atoms with E-state index in [2.05, 4.69) is 15.5 Å². The third-order valence-electron chi connectivity index (χ3n) is 2.62. The molecule has 6 heteroatoms. The molecule has 2 rings (SSSR count). The molecular formula is C11H15N3O3. The van der Waals surface area contributed by atoms with E-state index in [0.717, 1.165) is 12.8 Å². The fourth-order valence-electron chi connectivity index (χ4n) is 1.54. The van der Waals surface area contributed by atoms with E-state index in [-0.39, 0.29) is 17.6 Å². The van der Waals surface area contributed by atoms with Crippen molar-refractivity contribution in [2.45, 2.75) is 26.7 Å². The van der Waals surface area contributed by atoms with Crippen molar-refractivity contribution in [1.82, 2.24) is 10.2 Å². The van der Waals surface area contributed by atoms with Gasteiger partial charge in [-0.3, -0.25) is 9.89 Å². The number of nitrogens with zero attached hydrogens (tertiary/aromatic N) is 1. The van der Waals surface area contributed by atoms with Crippen molar-refractivity contribution in [3.8, 4) is 0 Å². The first-order chi connectivity index (χ1) is 8.13. The highest BCUT2D eigenvalue weighted by molar-refractivity contribution is 6.02. The van der Waals surface area contributed by atoms with Crippen LogP contribution in [0, 0.1) is 12.8 Å². The summed E-state index contributed by atoms with van der Waals surface area (Å²) in [7, 11) is 0. The van der Waals surface area contributed by atoms with Crippen molar-refractivity contribution in [2.75, 3.05) is 11.9 Å². The van der Waals surface area contributed by atoms with Crippen molar-refractivity contribution in [2.24, 2.45) is 5.92 Å². The van der Waals surface area contributed by atoms with Gasteiger partial charge < -0.3 is 10.1 Å². The first-order valence-corrected chi connectivity index (χ1v) is 5.66. The fraction of sp³-hybridized carbons (Fsp3) is 0.545. The molecule has 0 atom stereocenters. The van der Waals surface area contributed by atoms with Crippen molar-refractivity contribution in [1.29, 1.82) is 0 Å². The second-order valence-electron chi connectivity index (χ2n) is 4.06. The molecule has 0 bridgehead atoms. The van der Waals surface area contributed by atoms with Crippen molar-refractivity contribution in [3.05, 3.63) is 11.3 Å². The van der Waals surface area contributed by atoms with Crippen LogP contribution in [0.25, 0.3) is 0 Å². The Kier molecular flexibility index (Phi) is 3.12. The molecule has 1 aliphatic carbocycles. The molecule has 1 heterocycles. The molecule has 0 radical (unpaired) electrons. The first kappa shape index (κ1) is 11.6. The van der Waals surface area contributed by atoms with Crippen LogP contribution in [0.2, 0.25) is 0 Å². The summed E-state index contributed by atoms with van der Waals surface area (Å²) in [5.74, 6) is -0.216. The van der Waals surface area contributed by atoms with E-state index in [1.54, 1.807) is 13.8 Å². The van der Waals surface area contributed by atoms with E-state index in [9.17, 15) is 9.59 Å². The zero-order valence-electron chi connectivity index (χ0n) is 9.87. The minimum absolute atomic E-state index is 0.0713. The van der Waals surface area contributed by atoms with Gasteiger partial charge in [-0.25, -0.2) is 4.79 Å². The number of anilines is 1. The van der Waals surface area contributed by atoms with Crippen LogP contribution < -0.4 is 5.32 Å². The number of hydrogen-bond donors (Lipinski definition) is 2. The molecule has 0 saturated heterocycles. The van der Waals surface area contributed by atoms with Crippen molar-refractivity contribution >= 4 is 17.7 Å². The summed E-state index contributed by atoms with van der Waals surface area (Å²) in [4.78, 5) is 23.3. The lowest BCUT2D eigenvalue weighted by molar-refractivity contribution is -0.117. The molecule has 0 spiro atoms. The predicted molar refractivity (Wildman–Crippen MR) is 60.6 cm³/mol. The van der Waals surface area contributed by atoms with Crippen LogP contribution in [0.15, 0.2) is 0 Å². The number of carbonyl (C=O) groups is 2. The number of aromatic amines is 1. The maximum absolute atomic E-state index is 11.7. The number of H-pyrrole nitrogens is 1. The average Bonchev–Trinajstić information content (AvgIpc) is 3.05. The highest BCUT2D eigenvalue weighted by atomic mass is 16.5. The molecule has 1 saturated carbocycles. The summed E-state index contributed by atoms with van der Waals surface area (Å²) < 4.78 is 4.92. The molecule has 1 amide bonds. The summed E-state index contributed by atoms with van der Waals surface area (Å²) in [5, 5.41) is 9.24. The summed E-state index contributed by atoms with van der Waals surface area (Å²) in [6.07, 6.45) is 1.81. The Labute approximate surface area is 98.7 Å². The molecule has 0 aliphatic heterocycles. The maximum atomic E-state index is 11.7. The number of carbonyl (C=O) groups excluding carboxylic acids is 2. The third kappa shape index (κ3) is 2.46. The smallest absolute Gasteiger partial charge is 0.343 e. The molecule has 0 unspecified atom stereocenters. The van der Waals surface area contributed by atoms with Crippen LogP contribution in [0.5, 0.6) is 0 Å². The minimum Gasteiger partial charge on any atom is -0.462 e. The second kappa shape index (κ2) is 4.57. The maximum Gasteiger partial charge on any atom is 0.343 e. The van der Waals surface area contributed by atoms with Crippen LogP contribution >= 0.6 is 0 Å². The van der Waals surface area contributed by atoms with Crippen molar-refractivity contribution < 1.29 is 14.3 Å². The Morgan fingerprint density at radius 2 is 2.24 bits per heavy atom. The van der Waals surface area contributed by atoms with E-state index in [1.807, 2.05) is 0 Å². The molecule has 1 aliphatic rings. The van der Waals surface area contributed by atoms with Crippen LogP contribution in [0.3, 0.4) is 0 Å². The summed E-state index contributed by atoms with van der Waals surface area (Å²) in [6, 6.07) is 0. The first-order valence-electron chi connectivity index (χ1n) is 5.66. The largest absolute Gasteiger partial charge is 0.462 e. The lowest BCUT2D eigenvalue weighted by Gasteiger charge is -2.04. The number of aryl methyl sites for hydroxylation is 1. The zero-order chi connectivity index (χ0) is 12.4. The molecule has 92 valence electrons. The van der Waals surface area contributed by atoms with Crippen LogP contribution in [0.4, 0.5) is 5.82 Å². The van der Waals surface area contributed by atoms with Gasteiger partial charge in [-0.15, -0.1) is 0 Å². The molecule has 1 aromatic heterocycles. The van der Waals surface area contributed by atoms with Gasteiger partial charge in [-0.2, -0.15) is 5.10 Å². The minimum atomic E-state index is -0.468. The topological polar surface area (TPSA) is 84.1 Å². The third-order valence-corrected chi connectivity index (χ3v) is 2.62. The van der Waals surface area contributed by atoms with Gasteiger partial charge in [0.2, 0.25) is 5.91 Å². The van der Waals surface area contributed by atoms with Gasteiger partial charge in [0.05, 0.1) is 6.61 Å². The summed E-state index contributed by atoms with van der Waals surface area (Å²) in [6.45, 7) is 3.74. The van der Waals surface area contributed by atoms with E-state index in [4.69, 9.17) is 4.74 Å². The summed E-state index contributed by atoms with van der Waals surface area (Å²) in [5.41, 5.74) is 0.899. The van der Waals surface area contributed by atoms with Gasteiger partial charge in [0.1, 0.15) is 5.56 Å². The molecule has 17 heavy (non-hydrogen) atoms. The number of ether oxygens (including phenoxy) is 1. The van der Waals surface area contributed by atoms with Gasteiger partial charge in [0, 0.05) is 11.6 Å². The number of amides is 1. The van der Waals surface area contributed by atoms with E-state index in [0.29, 0.717) is 17.9 Å². The Morgan fingerprint density at radius 3 is 2.82 bits per heavy atom. The molecule has 6 nitrogen and oxygen atoms in total. The molecular weight excluding hydrogens is 222 g/mol. The number of rotatable bonds is 4. The van der Waals surface area contributed by atoms with Gasteiger partial charge in [0.15, 0.2) is 5.82 Å². The van der Waals surface area contributed by atoms with Crippen LogP contribution in [-0.2, 0) is 9.53 Å². The Bertz CT molecular complexity index is 449. The molecule has 0 aromatic carbocycles. The number of hydrogen-bond acceptors (Lipinski definition) is 4. The summed E-state index contributed by atoms with van der Waals surface area (Å²) >= 11 is 0. The average molecular weight is 237 g/mol. The number of aromatic nitrogens is 2. The second-order valence-corrected chi connectivity index (χ2v) is 4.06. The Morgan fingerprint density at radius 1 is 1.53 bits per heavy atom. The van der Waals surface area contributed by atoms with Crippen LogP contribution in [-0.4, -0.2) is 28.7 Å². The quantitative estimate of drug-likeness (QED) is 0.772. The van der Waals surface area contributed by atoms with Gasteiger partial charge in [-0.1, -0.05) is 0 Å². The molecule has 2 N–H and O–H groups in total. The van der Waals surface area contributed by atoms with E-state index < -0.39 is 5.97 Å². The Balaban J connectivity index is 2.15. The number of esters is 1. The zero-order valence-corrected chi connectivity index (χ0v) is 9.87. The monoisotopic (exact) mass is 237 g/mol. The van der Waals surface area contributed by atoms with Gasteiger partial charge in [0.25, 0.3) is 0 Å². The lowest BCUT2D eigenvalue weighted by atomic mass is 10.2.